The van der Waals surface area contributed by atoms with Gasteiger partial charge in [0, 0.05) is 18.4 Å². The van der Waals surface area contributed by atoms with Crippen LogP contribution in [0.25, 0.3) is 0 Å². The van der Waals surface area contributed by atoms with E-state index in [0.29, 0.717) is 36.7 Å². The van der Waals surface area contributed by atoms with Crippen LogP contribution < -0.4 is 5.63 Å². The van der Waals surface area contributed by atoms with Gasteiger partial charge in [-0.2, -0.15) is 0 Å². The maximum atomic E-state index is 12.8. The first-order valence-electron chi connectivity index (χ1n) is 9.50. The number of aliphatic hydroxyl groups excluding tert-OH is 1. The minimum absolute atomic E-state index is 0.0707. The van der Waals surface area contributed by atoms with E-state index in [1.54, 1.807) is 0 Å². The van der Waals surface area contributed by atoms with Crippen LogP contribution in [0.15, 0.2) is 21.0 Å². The van der Waals surface area contributed by atoms with Gasteiger partial charge in [-0.15, -0.1) is 0 Å². The quantitative estimate of drug-likeness (QED) is 0.874. The number of aromatic hydroxyl groups is 1. The van der Waals surface area contributed by atoms with E-state index < -0.39 is 11.2 Å². The first-order valence-corrected chi connectivity index (χ1v) is 9.50. The van der Waals surface area contributed by atoms with Gasteiger partial charge in [-0.1, -0.05) is 25.7 Å². The molecule has 0 spiro atoms. The zero-order valence-electron chi connectivity index (χ0n) is 14.6. The molecule has 3 aliphatic rings. The number of hydrogen-bond acceptors (Lipinski definition) is 5. The lowest BCUT2D eigenvalue weighted by molar-refractivity contribution is -0.00814. The second-order valence-corrected chi connectivity index (χ2v) is 7.71. The van der Waals surface area contributed by atoms with Gasteiger partial charge in [0.2, 0.25) is 0 Å². The monoisotopic (exact) mass is 346 g/mol. The molecule has 1 fully saturated rings. The summed E-state index contributed by atoms with van der Waals surface area (Å²) in [6.07, 6.45) is 10.9. The number of aryl methyl sites for hydroxylation is 1. The van der Waals surface area contributed by atoms with Crippen LogP contribution in [0.4, 0.5) is 0 Å². The van der Waals surface area contributed by atoms with Gasteiger partial charge in [0.25, 0.3) is 0 Å². The lowest BCUT2D eigenvalue weighted by Crippen LogP contribution is -2.33. The van der Waals surface area contributed by atoms with Crippen LogP contribution in [0.2, 0.25) is 0 Å². The minimum Gasteiger partial charge on any atom is -0.507 e. The molecule has 2 heterocycles. The molecule has 1 unspecified atom stereocenters. The highest BCUT2D eigenvalue weighted by atomic mass is 16.5. The maximum absolute atomic E-state index is 12.8. The average molecular weight is 346 g/mol. The largest absolute Gasteiger partial charge is 0.507 e. The van der Waals surface area contributed by atoms with E-state index in [-0.39, 0.29) is 17.9 Å². The Morgan fingerprint density at radius 3 is 2.60 bits per heavy atom. The van der Waals surface area contributed by atoms with Crippen LogP contribution in [0, 0.1) is 5.92 Å². The molecule has 2 N–H and O–H groups in total. The average Bonchev–Trinajstić information content (AvgIpc) is 3.27. The first-order chi connectivity index (χ1) is 12.1. The van der Waals surface area contributed by atoms with Crippen molar-refractivity contribution in [2.24, 2.45) is 5.92 Å². The predicted molar refractivity (Wildman–Crippen MR) is 92.4 cm³/mol. The summed E-state index contributed by atoms with van der Waals surface area (Å²) in [7, 11) is 0. The van der Waals surface area contributed by atoms with Crippen molar-refractivity contribution in [1.29, 1.82) is 0 Å². The number of rotatable bonds is 4. The Morgan fingerprint density at radius 1 is 1.16 bits per heavy atom. The van der Waals surface area contributed by atoms with Crippen molar-refractivity contribution >= 4 is 0 Å². The smallest absolute Gasteiger partial charge is 0.347 e. The summed E-state index contributed by atoms with van der Waals surface area (Å²) in [5.41, 5.74) is -0.324. The molecule has 0 amide bonds. The molecular formula is C20H26O5. The molecule has 0 saturated heterocycles. The zero-order valence-corrected chi connectivity index (χ0v) is 14.6. The molecule has 1 atom stereocenters. The Hall–Kier alpha value is -1.75. The van der Waals surface area contributed by atoms with E-state index in [4.69, 9.17) is 9.15 Å². The molecule has 2 aliphatic carbocycles. The summed E-state index contributed by atoms with van der Waals surface area (Å²) in [4.78, 5) is 12.8. The van der Waals surface area contributed by atoms with Gasteiger partial charge in [0.05, 0.1) is 0 Å². The molecule has 1 aromatic heterocycles. The Bertz CT molecular complexity index is 743. The van der Waals surface area contributed by atoms with E-state index >= 15 is 0 Å². The van der Waals surface area contributed by atoms with Crippen molar-refractivity contribution < 1.29 is 19.4 Å². The molecule has 0 bridgehead atoms. The Morgan fingerprint density at radius 2 is 1.92 bits per heavy atom. The number of hydrogen-bond donors (Lipinski definition) is 2. The number of ether oxygens (including phenoxy) is 1. The van der Waals surface area contributed by atoms with Gasteiger partial charge in [-0.25, -0.2) is 4.79 Å². The fraction of sp³-hybridized carbons (Fsp3) is 0.650. The van der Waals surface area contributed by atoms with Crippen molar-refractivity contribution in [2.45, 2.75) is 69.8 Å². The van der Waals surface area contributed by atoms with Crippen LogP contribution in [-0.2, 0) is 23.2 Å². The highest BCUT2D eigenvalue weighted by molar-refractivity contribution is 5.45. The summed E-state index contributed by atoms with van der Waals surface area (Å²) in [6.45, 7) is -0.191. The molecule has 136 valence electrons. The minimum atomic E-state index is -0.888. The predicted octanol–water partition coefficient (Wildman–Crippen LogP) is 3.30. The van der Waals surface area contributed by atoms with Crippen LogP contribution in [-0.4, -0.2) is 16.8 Å². The summed E-state index contributed by atoms with van der Waals surface area (Å²) >= 11 is 0. The topological polar surface area (TPSA) is 79.9 Å². The van der Waals surface area contributed by atoms with E-state index in [0.717, 1.165) is 50.5 Å². The normalized spacial score (nSPS) is 26.4. The van der Waals surface area contributed by atoms with Crippen molar-refractivity contribution in [3.8, 4) is 5.75 Å². The highest BCUT2D eigenvalue weighted by Gasteiger charge is 2.47. The van der Waals surface area contributed by atoms with E-state index in [9.17, 15) is 15.0 Å². The zero-order chi connectivity index (χ0) is 17.4. The molecule has 5 nitrogen and oxygen atoms in total. The molecule has 1 aliphatic heterocycles. The molecule has 25 heavy (non-hydrogen) atoms. The molecule has 4 rings (SSSR count). The molecule has 0 aromatic carbocycles. The highest BCUT2D eigenvalue weighted by Crippen LogP contribution is 2.50. The fourth-order valence-corrected chi connectivity index (χ4v) is 4.28. The third-order valence-corrected chi connectivity index (χ3v) is 5.77. The summed E-state index contributed by atoms with van der Waals surface area (Å²) in [5.74, 6) is 1.70. The SMILES string of the molecule is O=c1oc2c(c(O)c1C1(CC3CC3)CC=C(CO)O1)CCCCCC2. The number of fused-ring (bicyclic) bond motifs is 1. The second kappa shape index (κ2) is 6.52. The first kappa shape index (κ1) is 16.7. The van der Waals surface area contributed by atoms with Gasteiger partial charge < -0.3 is 19.4 Å². The molecule has 1 saturated carbocycles. The van der Waals surface area contributed by atoms with Crippen LogP contribution in [0.5, 0.6) is 5.75 Å². The van der Waals surface area contributed by atoms with E-state index in [1.807, 2.05) is 6.08 Å². The molecular weight excluding hydrogens is 320 g/mol. The lowest BCUT2D eigenvalue weighted by Gasteiger charge is -2.31. The van der Waals surface area contributed by atoms with Gasteiger partial charge in [0.15, 0.2) is 0 Å². The van der Waals surface area contributed by atoms with Gasteiger partial charge >= 0.3 is 5.63 Å². The second-order valence-electron chi connectivity index (χ2n) is 7.71. The van der Waals surface area contributed by atoms with Crippen LogP contribution in [0.1, 0.15) is 68.3 Å². The fourth-order valence-electron chi connectivity index (χ4n) is 4.28. The van der Waals surface area contributed by atoms with Crippen molar-refractivity contribution in [3.05, 3.63) is 39.1 Å². The van der Waals surface area contributed by atoms with Crippen molar-refractivity contribution in [2.75, 3.05) is 6.61 Å². The number of aliphatic hydroxyl groups is 1. The summed E-state index contributed by atoms with van der Waals surface area (Å²) < 4.78 is 11.7. The Balaban J connectivity index is 1.79. The van der Waals surface area contributed by atoms with Crippen molar-refractivity contribution in [3.63, 3.8) is 0 Å². The van der Waals surface area contributed by atoms with Crippen LogP contribution >= 0.6 is 0 Å². The standard InChI is InChI=1S/C20H26O5/c21-12-14-9-10-20(25-14,11-13-7-8-13)17-18(22)15-5-3-1-2-4-6-16(15)24-19(17)23/h9,13,21-22H,1-8,10-12H2. The summed E-state index contributed by atoms with van der Waals surface area (Å²) in [5, 5.41) is 20.5. The Labute approximate surface area is 147 Å². The van der Waals surface area contributed by atoms with Gasteiger partial charge in [0.1, 0.15) is 35.0 Å². The molecule has 0 radical (unpaired) electrons. The Kier molecular flexibility index (Phi) is 4.36. The maximum Gasteiger partial charge on any atom is 0.347 e. The molecule has 1 aromatic rings. The van der Waals surface area contributed by atoms with Crippen LogP contribution in [0.3, 0.4) is 0 Å². The third kappa shape index (κ3) is 3.10. The van der Waals surface area contributed by atoms with Gasteiger partial charge in [-0.05, 0) is 37.7 Å². The summed E-state index contributed by atoms with van der Waals surface area (Å²) in [6, 6.07) is 0. The lowest BCUT2D eigenvalue weighted by atomic mass is 9.84. The van der Waals surface area contributed by atoms with Gasteiger partial charge in [-0.3, -0.25) is 0 Å². The van der Waals surface area contributed by atoms with E-state index in [2.05, 4.69) is 0 Å². The van der Waals surface area contributed by atoms with E-state index in [1.165, 1.54) is 0 Å². The molecule has 5 heteroatoms. The van der Waals surface area contributed by atoms with Crippen molar-refractivity contribution in [1.82, 2.24) is 0 Å². The third-order valence-electron chi connectivity index (χ3n) is 5.77.